The van der Waals surface area contributed by atoms with Gasteiger partial charge in [-0.15, -0.1) is 0 Å². The second-order valence-electron chi connectivity index (χ2n) is 6.18. The van der Waals surface area contributed by atoms with Gasteiger partial charge >= 0.3 is 0 Å². The lowest BCUT2D eigenvalue weighted by Crippen LogP contribution is -2.39. The fourth-order valence-electron chi connectivity index (χ4n) is 3.56. The van der Waals surface area contributed by atoms with E-state index in [4.69, 9.17) is 4.42 Å². The second-order valence-corrected chi connectivity index (χ2v) is 6.18. The smallest absolute Gasteiger partial charge is 0.120 e. The van der Waals surface area contributed by atoms with Gasteiger partial charge in [0, 0.05) is 25.7 Å². The third-order valence-electron chi connectivity index (χ3n) is 4.74. The summed E-state index contributed by atoms with van der Waals surface area (Å²) < 4.78 is 5.43. The fraction of sp³-hybridized carbons (Fsp3) is 0.750. The summed E-state index contributed by atoms with van der Waals surface area (Å²) in [6.07, 6.45) is 5.86. The quantitative estimate of drug-likeness (QED) is 0.893. The van der Waals surface area contributed by atoms with Gasteiger partial charge in [0.25, 0.3) is 0 Å². The van der Waals surface area contributed by atoms with Gasteiger partial charge < -0.3 is 14.6 Å². The zero-order valence-corrected chi connectivity index (χ0v) is 12.6. The van der Waals surface area contributed by atoms with Crippen LogP contribution in [0.25, 0.3) is 0 Å². The Balaban J connectivity index is 1.41. The highest BCUT2D eigenvalue weighted by atomic mass is 16.3. The second kappa shape index (κ2) is 6.74. The lowest BCUT2D eigenvalue weighted by Gasteiger charge is -2.26. The molecule has 2 unspecified atom stereocenters. The molecule has 0 radical (unpaired) electrons. The Bertz CT molecular complexity index is 392. The molecule has 112 valence electrons. The minimum absolute atomic E-state index is 0.306. The Hall–Kier alpha value is -0.840. The zero-order chi connectivity index (χ0) is 13.8. The number of nitrogens with zero attached hydrogens (tertiary/aromatic N) is 2. The van der Waals surface area contributed by atoms with Crippen LogP contribution in [0.4, 0.5) is 0 Å². The number of hydrogen-bond donors (Lipinski definition) is 1. The molecule has 0 aliphatic carbocycles. The molecule has 0 spiro atoms. The molecule has 0 saturated carbocycles. The maximum absolute atomic E-state index is 5.43. The van der Waals surface area contributed by atoms with Crippen molar-refractivity contribution in [1.82, 2.24) is 15.1 Å². The molecule has 20 heavy (non-hydrogen) atoms. The largest absolute Gasteiger partial charge is 0.468 e. The average molecular weight is 277 g/mol. The SMILES string of the molecule is CC(NCCN1CCCN2CCCC2C1)c1ccco1. The van der Waals surface area contributed by atoms with Crippen LogP contribution in [-0.2, 0) is 0 Å². The third-order valence-corrected chi connectivity index (χ3v) is 4.74. The Kier molecular flexibility index (Phi) is 4.76. The normalized spacial score (nSPS) is 26.4. The van der Waals surface area contributed by atoms with Gasteiger partial charge in [0.2, 0.25) is 0 Å². The predicted molar refractivity (Wildman–Crippen MR) is 80.8 cm³/mol. The van der Waals surface area contributed by atoms with Crippen molar-refractivity contribution in [1.29, 1.82) is 0 Å². The fourth-order valence-corrected chi connectivity index (χ4v) is 3.56. The van der Waals surface area contributed by atoms with E-state index in [2.05, 4.69) is 22.0 Å². The highest BCUT2D eigenvalue weighted by Gasteiger charge is 2.28. The Morgan fingerprint density at radius 2 is 2.25 bits per heavy atom. The number of rotatable bonds is 5. The van der Waals surface area contributed by atoms with Gasteiger partial charge in [-0.1, -0.05) is 0 Å². The van der Waals surface area contributed by atoms with Crippen LogP contribution in [0.5, 0.6) is 0 Å². The molecule has 1 aromatic heterocycles. The first-order valence-corrected chi connectivity index (χ1v) is 8.06. The Morgan fingerprint density at radius 1 is 1.35 bits per heavy atom. The number of fused-ring (bicyclic) bond motifs is 1. The molecule has 1 aromatic rings. The van der Waals surface area contributed by atoms with E-state index in [0.717, 1.165) is 24.9 Å². The van der Waals surface area contributed by atoms with Crippen LogP contribution in [0.15, 0.2) is 22.8 Å². The van der Waals surface area contributed by atoms with E-state index in [1.807, 2.05) is 12.1 Å². The predicted octanol–water partition coefficient (Wildman–Crippen LogP) is 2.10. The zero-order valence-electron chi connectivity index (χ0n) is 12.6. The molecule has 2 aliphatic rings. The van der Waals surface area contributed by atoms with Crippen molar-refractivity contribution < 1.29 is 4.42 Å². The highest BCUT2D eigenvalue weighted by Crippen LogP contribution is 2.21. The van der Waals surface area contributed by atoms with Crippen LogP contribution < -0.4 is 5.32 Å². The van der Waals surface area contributed by atoms with Gasteiger partial charge in [-0.3, -0.25) is 4.90 Å². The van der Waals surface area contributed by atoms with Crippen LogP contribution in [0.2, 0.25) is 0 Å². The molecule has 2 saturated heterocycles. The minimum atomic E-state index is 0.306. The van der Waals surface area contributed by atoms with E-state index in [1.165, 1.54) is 45.4 Å². The van der Waals surface area contributed by atoms with Crippen molar-refractivity contribution in [2.24, 2.45) is 0 Å². The summed E-state index contributed by atoms with van der Waals surface area (Å²) >= 11 is 0. The van der Waals surface area contributed by atoms with Crippen molar-refractivity contribution in [2.75, 3.05) is 39.3 Å². The molecule has 0 bridgehead atoms. The summed E-state index contributed by atoms with van der Waals surface area (Å²) in [7, 11) is 0. The molecule has 3 heterocycles. The number of furan rings is 1. The first-order chi connectivity index (χ1) is 9.83. The summed E-state index contributed by atoms with van der Waals surface area (Å²) in [5, 5.41) is 3.56. The maximum Gasteiger partial charge on any atom is 0.120 e. The highest BCUT2D eigenvalue weighted by molar-refractivity contribution is 5.02. The van der Waals surface area contributed by atoms with Crippen LogP contribution in [-0.4, -0.2) is 55.1 Å². The molecular weight excluding hydrogens is 250 g/mol. The van der Waals surface area contributed by atoms with Crippen molar-refractivity contribution in [3.8, 4) is 0 Å². The summed E-state index contributed by atoms with van der Waals surface area (Å²) in [5.74, 6) is 1.03. The first kappa shape index (κ1) is 14.1. The lowest BCUT2D eigenvalue weighted by molar-refractivity contribution is 0.218. The topological polar surface area (TPSA) is 31.6 Å². The standard InChI is InChI=1S/C16H27N3O/c1-14(16-6-3-12-20-16)17-7-11-18-8-4-10-19-9-2-5-15(19)13-18/h3,6,12,14-15,17H,2,4-5,7-11,13H2,1H3. The van der Waals surface area contributed by atoms with Gasteiger partial charge in [-0.25, -0.2) is 0 Å². The number of hydrogen-bond acceptors (Lipinski definition) is 4. The molecule has 2 aliphatic heterocycles. The molecular formula is C16H27N3O. The number of nitrogens with one attached hydrogen (secondary N) is 1. The minimum Gasteiger partial charge on any atom is -0.468 e. The van der Waals surface area contributed by atoms with E-state index in [1.54, 1.807) is 6.26 Å². The van der Waals surface area contributed by atoms with E-state index in [-0.39, 0.29) is 0 Å². The molecule has 2 atom stereocenters. The maximum atomic E-state index is 5.43. The molecule has 1 N–H and O–H groups in total. The van der Waals surface area contributed by atoms with E-state index in [0.29, 0.717) is 6.04 Å². The molecule has 0 amide bonds. The summed E-state index contributed by atoms with van der Waals surface area (Å²) in [6, 6.07) is 5.12. The monoisotopic (exact) mass is 277 g/mol. The Labute approximate surface area is 122 Å². The van der Waals surface area contributed by atoms with Gasteiger partial charge in [-0.05, 0) is 58.0 Å². The molecule has 3 rings (SSSR count). The van der Waals surface area contributed by atoms with Crippen LogP contribution in [0, 0.1) is 0 Å². The van der Waals surface area contributed by atoms with Crippen LogP contribution in [0.1, 0.15) is 38.0 Å². The summed E-state index contributed by atoms with van der Waals surface area (Å²) in [4.78, 5) is 5.33. The van der Waals surface area contributed by atoms with Crippen molar-refractivity contribution in [3.63, 3.8) is 0 Å². The van der Waals surface area contributed by atoms with Crippen molar-refractivity contribution >= 4 is 0 Å². The van der Waals surface area contributed by atoms with Gasteiger partial charge in [0.1, 0.15) is 5.76 Å². The summed E-state index contributed by atoms with van der Waals surface area (Å²) in [5.41, 5.74) is 0. The molecule has 4 heteroatoms. The van der Waals surface area contributed by atoms with Crippen molar-refractivity contribution in [3.05, 3.63) is 24.2 Å². The van der Waals surface area contributed by atoms with Crippen molar-refractivity contribution in [2.45, 2.75) is 38.3 Å². The van der Waals surface area contributed by atoms with Gasteiger partial charge in [-0.2, -0.15) is 0 Å². The van der Waals surface area contributed by atoms with Crippen LogP contribution >= 0.6 is 0 Å². The molecule has 2 fully saturated rings. The van der Waals surface area contributed by atoms with E-state index >= 15 is 0 Å². The Morgan fingerprint density at radius 3 is 3.10 bits per heavy atom. The van der Waals surface area contributed by atoms with Gasteiger partial charge in [0.05, 0.1) is 12.3 Å². The van der Waals surface area contributed by atoms with E-state index in [9.17, 15) is 0 Å². The van der Waals surface area contributed by atoms with E-state index < -0.39 is 0 Å². The average Bonchev–Trinajstić information content (AvgIpc) is 3.08. The van der Waals surface area contributed by atoms with Crippen LogP contribution in [0.3, 0.4) is 0 Å². The third kappa shape index (κ3) is 3.43. The van der Waals surface area contributed by atoms with Gasteiger partial charge in [0.15, 0.2) is 0 Å². The lowest BCUT2D eigenvalue weighted by atomic mass is 10.2. The first-order valence-electron chi connectivity index (χ1n) is 8.06. The summed E-state index contributed by atoms with van der Waals surface area (Å²) in [6.45, 7) is 9.49. The molecule has 0 aromatic carbocycles. The molecule has 4 nitrogen and oxygen atoms in total.